The minimum Gasteiger partial charge on any atom is -0.377 e. The van der Waals surface area contributed by atoms with Crippen molar-refractivity contribution in [2.24, 2.45) is 0 Å². The van der Waals surface area contributed by atoms with Crippen LogP contribution < -0.4 is 15.4 Å². The number of carbonyl (C=O) groups excluding carboxylic acids is 2. The van der Waals surface area contributed by atoms with Crippen LogP contribution in [0.1, 0.15) is 37.3 Å². The molecule has 0 unspecified atom stereocenters. The first-order chi connectivity index (χ1) is 18.1. The van der Waals surface area contributed by atoms with E-state index in [4.69, 9.17) is 0 Å². The molecule has 0 aliphatic heterocycles. The number of hydrogen-bond acceptors (Lipinski definition) is 7. The van der Waals surface area contributed by atoms with Crippen molar-refractivity contribution in [3.63, 3.8) is 0 Å². The molecule has 11 heteroatoms. The number of benzene rings is 2. The number of carbonyl (C=O) groups is 2. The summed E-state index contributed by atoms with van der Waals surface area (Å²) in [5.41, 5.74) is 4.55. The number of thiazole rings is 1. The van der Waals surface area contributed by atoms with Gasteiger partial charge < -0.3 is 15.5 Å². The number of amides is 2. The molecule has 0 atom stereocenters. The zero-order valence-corrected chi connectivity index (χ0v) is 23.2. The topological polar surface area (TPSA) is 120 Å². The molecule has 4 rings (SSSR count). The minimum absolute atomic E-state index is 0.127. The first-order valence-corrected chi connectivity index (χ1v) is 14.6. The fraction of sp³-hybridized carbons (Fsp3) is 0.296. The van der Waals surface area contributed by atoms with E-state index >= 15 is 0 Å². The number of anilines is 2. The van der Waals surface area contributed by atoms with E-state index in [0.29, 0.717) is 35.9 Å². The molecule has 2 amide bonds. The Morgan fingerprint density at radius 3 is 2.68 bits per heavy atom. The van der Waals surface area contributed by atoms with Crippen molar-refractivity contribution in [3.05, 3.63) is 65.0 Å². The summed E-state index contributed by atoms with van der Waals surface area (Å²) in [7, 11) is 0.0808. The summed E-state index contributed by atoms with van der Waals surface area (Å²) in [6, 6.07) is 12.4. The molecule has 9 nitrogen and oxygen atoms in total. The molecule has 38 heavy (non-hydrogen) atoms. The number of hydrogen-bond donors (Lipinski definition) is 3. The Balaban J connectivity index is 1.47. The van der Waals surface area contributed by atoms with Crippen molar-refractivity contribution in [2.45, 2.75) is 37.5 Å². The maximum atomic E-state index is 13.4. The van der Waals surface area contributed by atoms with Gasteiger partial charge in [-0.1, -0.05) is 30.3 Å². The van der Waals surface area contributed by atoms with Crippen LogP contribution in [0.25, 0.3) is 17.0 Å². The largest absolute Gasteiger partial charge is 0.377 e. The van der Waals surface area contributed by atoms with Crippen molar-refractivity contribution in [2.75, 3.05) is 30.7 Å². The molecule has 2 aromatic carbocycles. The first kappa shape index (κ1) is 27.3. The Kier molecular flexibility index (Phi) is 8.48. The Labute approximate surface area is 227 Å². The highest BCUT2D eigenvalue weighted by molar-refractivity contribution is 7.92. The Morgan fingerprint density at radius 1 is 1.13 bits per heavy atom. The van der Waals surface area contributed by atoms with Gasteiger partial charge in [0.1, 0.15) is 0 Å². The van der Waals surface area contributed by atoms with Crippen LogP contribution in [0.5, 0.6) is 0 Å². The van der Waals surface area contributed by atoms with Crippen LogP contribution in [0.4, 0.5) is 10.8 Å². The first-order valence-electron chi connectivity index (χ1n) is 12.3. The second-order valence-electron chi connectivity index (χ2n) is 9.16. The quantitative estimate of drug-likeness (QED) is 0.322. The predicted octanol–water partition coefficient (Wildman–Crippen LogP) is 4.31. The van der Waals surface area contributed by atoms with Crippen LogP contribution in [0.2, 0.25) is 0 Å². The number of aromatic nitrogens is 1. The second kappa shape index (κ2) is 11.8. The van der Waals surface area contributed by atoms with E-state index < -0.39 is 10.0 Å². The SMILES string of the molecule is CC(=O)NCCCC(=O)Nc1nc(-c2cccc(NS(=O)(=O)c3cccc4c3CCC=C4N(C)C)c2)cs1. The number of nitrogens with zero attached hydrogens (tertiary/aromatic N) is 2. The molecule has 1 aliphatic rings. The Bertz CT molecular complexity index is 1480. The van der Waals surface area contributed by atoms with E-state index in [9.17, 15) is 18.0 Å². The van der Waals surface area contributed by atoms with Crippen molar-refractivity contribution in [1.29, 1.82) is 0 Å². The molecule has 0 radical (unpaired) electrons. The normalized spacial score (nSPS) is 12.8. The van der Waals surface area contributed by atoms with E-state index in [1.807, 2.05) is 36.5 Å². The molecule has 0 bridgehead atoms. The van der Waals surface area contributed by atoms with E-state index in [1.54, 1.807) is 30.3 Å². The number of sulfonamides is 1. The molecule has 1 aliphatic carbocycles. The van der Waals surface area contributed by atoms with E-state index in [-0.39, 0.29) is 23.1 Å². The lowest BCUT2D eigenvalue weighted by molar-refractivity contribution is -0.119. The number of nitrogens with one attached hydrogen (secondary N) is 3. The van der Waals surface area contributed by atoms with Gasteiger partial charge in [-0.3, -0.25) is 14.3 Å². The number of fused-ring (bicyclic) bond motifs is 1. The summed E-state index contributed by atoms with van der Waals surface area (Å²) >= 11 is 1.29. The average molecular weight is 554 g/mol. The van der Waals surface area contributed by atoms with Gasteiger partial charge in [0.25, 0.3) is 10.0 Å². The van der Waals surface area contributed by atoms with Crippen molar-refractivity contribution in [1.82, 2.24) is 15.2 Å². The third kappa shape index (κ3) is 6.59. The Hall–Kier alpha value is -3.70. The molecule has 0 saturated carbocycles. The summed E-state index contributed by atoms with van der Waals surface area (Å²) in [4.78, 5) is 29.9. The van der Waals surface area contributed by atoms with Crippen LogP contribution in [0, 0.1) is 0 Å². The van der Waals surface area contributed by atoms with E-state index in [1.165, 1.54) is 18.3 Å². The smallest absolute Gasteiger partial charge is 0.262 e. The van der Waals surface area contributed by atoms with Gasteiger partial charge in [0, 0.05) is 61.9 Å². The highest BCUT2D eigenvalue weighted by Crippen LogP contribution is 2.33. The average Bonchev–Trinajstić information content (AvgIpc) is 3.34. The summed E-state index contributed by atoms with van der Waals surface area (Å²) in [5.74, 6) is -0.311. The van der Waals surface area contributed by atoms with Crippen molar-refractivity contribution < 1.29 is 18.0 Å². The highest BCUT2D eigenvalue weighted by atomic mass is 32.2. The molecule has 0 saturated heterocycles. The zero-order chi connectivity index (χ0) is 27.3. The van der Waals surface area contributed by atoms with Crippen LogP contribution in [-0.4, -0.2) is 50.8 Å². The van der Waals surface area contributed by atoms with Crippen molar-refractivity contribution >= 4 is 49.7 Å². The molecular weight excluding hydrogens is 522 g/mol. The summed E-state index contributed by atoms with van der Waals surface area (Å²) < 4.78 is 29.6. The van der Waals surface area contributed by atoms with E-state index in [0.717, 1.165) is 28.8 Å². The maximum Gasteiger partial charge on any atom is 0.262 e. The lowest BCUT2D eigenvalue weighted by Crippen LogP contribution is -2.22. The molecular formula is C27H31N5O4S2. The number of allylic oxidation sites excluding steroid dienone is 1. The summed E-state index contributed by atoms with van der Waals surface area (Å²) in [5, 5.41) is 7.69. The summed E-state index contributed by atoms with van der Waals surface area (Å²) in [6.07, 6.45) is 4.36. The second-order valence-corrected chi connectivity index (χ2v) is 11.7. The number of rotatable bonds is 10. The standard InChI is InChI=1S/C27H31N5O4S2/c1-18(33)28-15-7-14-26(34)30-27-29-23(17-37-27)19-8-4-9-20(16-19)31-38(35,36)25-13-6-10-21-22(25)11-5-12-24(21)32(2)3/h4,6,8-10,12-13,16-17,31H,5,7,11,14-15H2,1-3H3,(H,28,33)(H,29,30,34). The fourth-order valence-corrected chi connectivity index (χ4v) is 6.39. The van der Waals surface area contributed by atoms with Crippen LogP contribution in [-0.2, 0) is 26.0 Å². The monoisotopic (exact) mass is 553 g/mol. The maximum absolute atomic E-state index is 13.4. The zero-order valence-electron chi connectivity index (χ0n) is 21.6. The molecule has 1 aromatic heterocycles. The van der Waals surface area contributed by atoms with Gasteiger partial charge in [-0.25, -0.2) is 13.4 Å². The van der Waals surface area contributed by atoms with Gasteiger partial charge in [-0.05, 0) is 43.0 Å². The van der Waals surface area contributed by atoms with Gasteiger partial charge in [0.15, 0.2) is 5.13 Å². The lowest BCUT2D eigenvalue weighted by atomic mass is 9.94. The fourth-order valence-electron chi connectivity index (χ4n) is 4.31. The van der Waals surface area contributed by atoms with Gasteiger partial charge >= 0.3 is 0 Å². The van der Waals surface area contributed by atoms with Crippen LogP contribution in [0.15, 0.2) is 58.8 Å². The van der Waals surface area contributed by atoms with Crippen LogP contribution >= 0.6 is 11.3 Å². The molecule has 0 fully saturated rings. The van der Waals surface area contributed by atoms with Crippen LogP contribution in [0.3, 0.4) is 0 Å². The van der Waals surface area contributed by atoms with E-state index in [2.05, 4.69) is 26.4 Å². The molecule has 3 aromatic rings. The van der Waals surface area contributed by atoms with Gasteiger partial charge in [-0.2, -0.15) is 0 Å². The van der Waals surface area contributed by atoms with Gasteiger partial charge in [-0.15, -0.1) is 11.3 Å². The molecule has 3 N–H and O–H groups in total. The minimum atomic E-state index is -3.83. The third-order valence-electron chi connectivity index (χ3n) is 6.03. The predicted molar refractivity (Wildman–Crippen MR) is 151 cm³/mol. The third-order valence-corrected chi connectivity index (χ3v) is 8.25. The highest BCUT2D eigenvalue weighted by Gasteiger charge is 2.24. The summed E-state index contributed by atoms with van der Waals surface area (Å²) in [6.45, 7) is 1.87. The van der Waals surface area contributed by atoms with Gasteiger partial charge in [0.05, 0.1) is 10.6 Å². The molecule has 1 heterocycles. The lowest BCUT2D eigenvalue weighted by Gasteiger charge is -2.25. The van der Waals surface area contributed by atoms with Crippen molar-refractivity contribution in [3.8, 4) is 11.3 Å². The van der Waals surface area contributed by atoms with Gasteiger partial charge in [0.2, 0.25) is 11.8 Å². The molecule has 0 spiro atoms. The molecule has 200 valence electrons. The Morgan fingerprint density at radius 2 is 1.92 bits per heavy atom.